The van der Waals surface area contributed by atoms with Crippen molar-refractivity contribution in [3.63, 3.8) is 0 Å². The van der Waals surface area contributed by atoms with E-state index in [2.05, 4.69) is 42.2 Å². The first-order valence-electron chi connectivity index (χ1n) is 7.65. The smallest absolute Gasteiger partial charge is 0.129 e. The molecule has 1 aromatic carbocycles. The molecule has 1 aliphatic rings. The summed E-state index contributed by atoms with van der Waals surface area (Å²) in [6.07, 6.45) is 3.76. The molecule has 2 aromatic rings. The van der Waals surface area contributed by atoms with E-state index >= 15 is 0 Å². The molecule has 1 unspecified atom stereocenters. The van der Waals surface area contributed by atoms with Gasteiger partial charge >= 0.3 is 0 Å². The predicted octanol–water partition coefficient (Wildman–Crippen LogP) is 3.50. The average Bonchev–Trinajstić information content (AvgIpc) is 2.55. The molecule has 0 aliphatic carbocycles. The fraction of sp³-hybridized carbons (Fsp3) is 0.353. The second-order valence-electron chi connectivity index (χ2n) is 5.75. The molecule has 1 N–H and O–H groups in total. The van der Waals surface area contributed by atoms with Gasteiger partial charge in [-0.15, -0.1) is 0 Å². The van der Waals surface area contributed by atoms with Gasteiger partial charge in [-0.2, -0.15) is 5.26 Å². The third-order valence-corrected chi connectivity index (χ3v) is 4.49. The molecule has 1 fully saturated rings. The zero-order valence-electron chi connectivity index (χ0n) is 13.0. The van der Waals surface area contributed by atoms with Gasteiger partial charge in [0.2, 0.25) is 0 Å². The molecule has 0 saturated carbocycles. The molecule has 0 radical (unpaired) electrons. The van der Waals surface area contributed by atoms with E-state index in [4.69, 9.17) is 0 Å². The zero-order valence-corrected chi connectivity index (χ0v) is 14.5. The summed E-state index contributed by atoms with van der Waals surface area (Å²) in [6.45, 7) is 3.78. The molecule has 3 rings (SSSR count). The summed E-state index contributed by atoms with van der Waals surface area (Å²) < 4.78 is 0.994. The van der Waals surface area contributed by atoms with Crippen LogP contribution in [0, 0.1) is 18.3 Å². The van der Waals surface area contributed by atoms with Crippen molar-refractivity contribution < 1.29 is 0 Å². The van der Waals surface area contributed by atoms with Gasteiger partial charge in [-0.25, -0.2) is 9.97 Å². The highest BCUT2D eigenvalue weighted by Gasteiger charge is 2.22. The van der Waals surface area contributed by atoms with Crippen molar-refractivity contribution in [2.24, 2.45) is 0 Å². The quantitative estimate of drug-likeness (QED) is 0.894. The summed E-state index contributed by atoms with van der Waals surface area (Å²) in [5, 5.41) is 12.8. The lowest BCUT2D eigenvalue weighted by Crippen LogP contribution is -2.42. The minimum Gasteiger partial charge on any atom is -0.368 e. The fourth-order valence-electron chi connectivity index (χ4n) is 2.92. The van der Waals surface area contributed by atoms with Gasteiger partial charge in [-0.05, 0) is 38.0 Å². The zero-order chi connectivity index (χ0) is 16.2. The highest BCUT2D eigenvalue weighted by Crippen LogP contribution is 2.28. The maximum Gasteiger partial charge on any atom is 0.129 e. The van der Waals surface area contributed by atoms with Gasteiger partial charge in [0.15, 0.2) is 0 Å². The van der Waals surface area contributed by atoms with Crippen molar-refractivity contribution in [3.05, 3.63) is 46.3 Å². The normalized spacial score (nSPS) is 17.6. The minimum absolute atomic E-state index is 0.309. The van der Waals surface area contributed by atoms with Crippen molar-refractivity contribution in [3.8, 4) is 6.07 Å². The summed E-state index contributed by atoms with van der Waals surface area (Å²) in [4.78, 5) is 10.7. The molecule has 23 heavy (non-hydrogen) atoms. The number of hydrogen-bond acceptors (Lipinski definition) is 5. The maximum atomic E-state index is 9.35. The number of piperidine rings is 1. The molecule has 0 bridgehead atoms. The summed E-state index contributed by atoms with van der Waals surface area (Å²) in [7, 11) is 0. The van der Waals surface area contributed by atoms with Crippen molar-refractivity contribution in [2.75, 3.05) is 23.3 Å². The van der Waals surface area contributed by atoms with E-state index in [1.807, 2.05) is 31.2 Å². The van der Waals surface area contributed by atoms with Gasteiger partial charge in [0.05, 0.1) is 11.3 Å². The second kappa shape index (κ2) is 6.97. The maximum absolute atomic E-state index is 9.35. The van der Waals surface area contributed by atoms with Gasteiger partial charge in [0.1, 0.15) is 18.2 Å². The third-order valence-electron chi connectivity index (χ3n) is 4.00. The Morgan fingerprint density at radius 3 is 3.00 bits per heavy atom. The Kier molecular flexibility index (Phi) is 4.77. The topological polar surface area (TPSA) is 64.8 Å². The van der Waals surface area contributed by atoms with Gasteiger partial charge in [-0.3, -0.25) is 0 Å². The van der Waals surface area contributed by atoms with Crippen LogP contribution in [0.4, 0.5) is 11.5 Å². The molecule has 0 amide bonds. The molecular weight excluding hydrogens is 354 g/mol. The van der Waals surface area contributed by atoms with Crippen LogP contribution < -0.4 is 10.2 Å². The molecule has 5 nitrogen and oxygen atoms in total. The van der Waals surface area contributed by atoms with E-state index in [-0.39, 0.29) is 0 Å². The van der Waals surface area contributed by atoms with Crippen LogP contribution in [-0.2, 0) is 0 Å². The molecule has 6 heteroatoms. The molecular formula is C17H18BrN5. The number of nitriles is 1. The lowest BCUT2D eigenvalue weighted by molar-refractivity contribution is 0.528. The number of aryl methyl sites for hydroxylation is 1. The van der Waals surface area contributed by atoms with E-state index in [9.17, 15) is 5.26 Å². The molecule has 1 aliphatic heterocycles. The molecule has 1 aromatic heterocycles. The largest absolute Gasteiger partial charge is 0.368 e. The Morgan fingerprint density at radius 1 is 1.35 bits per heavy atom. The SMILES string of the molecule is Cc1cc(NC2CCCN(c3cc(Br)ccc3C#N)C2)ncn1. The van der Waals surface area contributed by atoms with Gasteiger partial charge < -0.3 is 10.2 Å². The third kappa shape index (κ3) is 3.80. The Balaban J connectivity index is 1.76. The molecule has 1 saturated heterocycles. The van der Waals surface area contributed by atoms with Crippen LogP contribution in [0.5, 0.6) is 0 Å². The second-order valence-corrected chi connectivity index (χ2v) is 6.66. The standard InChI is InChI=1S/C17H18BrN5/c1-12-7-17(21-11-20-12)22-15-3-2-6-23(10-15)16-8-14(18)5-4-13(16)9-19/h4-5,7-8,11,15H,2-3,6,10H2,1H3,(H,20,21,22). The minimum atomic E-state index is 0.309. The average molecular weight is 372 g/mol. The number of aromatic nitrogens is 2. The van der Waals surface area contributed by atoms with Gasteiger partial charge in [0.25, 0.3) is 0 Å². The summed E-state index contributed by atoms with van der Waals surface area (Å²) in [6, 6.07) is 10.4. The van der Waals surface area contributed by atoms with E-state index in [1.54, 1.807) is 6.33 Å². The van der Waals surface area contributed by atoms with Gasteiger partial charge in [0, 0.05) is 35.4 Å². The molecule has 2 heterocycles. The van der Waals surface area contributed by atoms with Crippen LogP contribution in [0.25, 0.3) is 0 Å². The Hall–Kier alpha value is -2.13. The summed E-state index contributed by atoms with van der Waals surface area (Å²) in [5.74, 6) is 0.860. The predicted molar refractivity (Wildman–Crippen MR) is 94.5 cm³/mol. The Morgan fingerprint density at radius 2 is 2.22 bits per heavy atom. The number of halogens is 1. The van der Waals surface area contributed by atoms with Crippen molar-refractivity contribution in [2.45, 2.75) is 25.8 Å². The summed E-state index contributed by atoms with van der Waals surface area (Å²) >= 11 is 3.50. The molecule has 118 valence electrons. The fourth-order valence-corrected chi connectivity index (χ4v) is 3.27. The first-order chi connectivity index (χ1) is 11.2. The van der Waals surface area contributed by atoms with Crippen LogP contribution in [0.15, 0.2) is 35.1 Å². The van der Waals surface area contributed by atoms with Crippen LogP contribution in [0.3, 0.4) is 0 Å². The number of nitrogens with one attached hydrogen (secondary N) is 1. The number of hydrogen-bond donors (Lipinski definition) is 1. The van der Waals surface area contributed by atoms with Crippen molar-refractivity contribution in [1.82, 2.24) is 9.97 Å². The number of nitrogens with zero attached hydrogens (tertiary/aromatic N) is 4. The van der Waals surface area contributed by atoms with E-state index in [1.165, 1.54) is 0 Å². The Bertz CT molecular complexity index is 740. The molecule has 0 spiro atoms. The monoisotopic (exact) mass is 371 g/mol. The van der Waals surface area contributed by atoms with Crippen LogP contribution in [-0.4, -0.2) is 29.1 Å². The van der Waals surface area contributed by atoms with Crippen molar-refractivity contribution >= 4 is 27.4 Å². The van der Waals surface area contributed by atoms with Crippen LogP contribution in [0.2, 0.25) is 0 Å². The lowest BCUT2D eigenvalue weighted by atomic mass is 10.0. The number of rotatable bonds is 3. The van der Waals surface area contributed by atoms with Crippen molar-refractivity contribution in [1.29, 1.82) is 5.26 Å². The van der Waals surface area contributed by atoms with E-state index in [0.29, 0.717) is 11.6 Å². The Labute approximate surface area is 144 Å². The van der Waals surface area contributed by atoms with E-state index in [0.717, 1.165) is 47.6 Å². The highest BCUT2D eigenvalue weighted by atomic mass is 79.9. The highest BCUT2D eigenvalue weighted by molar-refractivity contribution is 9.10. The van der Waals surface area contributed by atoms with Crippen LogP contribution >= 0.6 is 15.9 Å². The first kappa shape index (κ1) is 15.8. The van der Waals surface area contributed by atoms with Crippen LogP contribution in [0.1, 0.15) is 24.1 Å². The lowest BCUT2D eigenvalue weighted by Gasteiger charge is -2.35. The molecule has 1 atom stereocenters. The summed E-state index contributed by atoms with van der Waals surface area (Å²) in [5.41, 5.74) is 2.66. The first-order valence-corrected chi connectivity index (χ1v) is 8.45. The van der Waals surface area contributed by atoms with E-state index < -0.39 is 0 Å². The van der Waals surface area contributed by atoms with Gasteiger partial charge in [-0.1, -0.05) is 15.9 Å². The number of anilines is 2. The number of benzene rings is 1.